The van der Waals surface area contributed by atoms with Crippen molar-refractivity contribution in [1.82, 2.24) is 16.0 Å². The summed E-state index contributed by atoms with van der Waals surface area (Å²) in [6.07, 6.45) is 0.802. The molecule has 0 saturated heterocycles. The van der Waals surface area contributed by atoms with Crippen LogP contribution in [0.5, 0.6) is 0 Å². The molecule has 7 nitrogen and oxygen atoms in total. The summed E-state index contributed by atoms with van der Waals surface area (Å²) < 4.78 is 0. The van der Waals surface area contributed by atoms with Crippen LogP contribution in [0.3, 0.4) is 0 Å². The van der Waals surface area contributed by atoms with Crippen LogP contribution < -0.4 is 21.3 Å². The van der Waals surface area contributed by atoms with Crippen LogP contribution in [0.4, 0.5) is 5.69 Å². The van der Waals surface area contributed by atoms with Crippen molar-refractivity contribution in [2.45, 2.75) is 60.0 Å². The molecule has 0 aliphatic rings. The molecule has 1 atom stereocenters. The number of hydrogen-bond donors (Lipinski definition) is 4. The number of benzene rings is 1. The van der Waals surface area contributed by atoms with Gasteiger partial charge in [-0.1, -0.05) is 26.0 Å². The smallest absolute Gasteiger partial charge is 0.239 e. The highest BCUT2D eigenvalue weighted by Crippen LogP contribution is 2.13. The van der Waals surface area contributed by atoms with Crippen LogP contribution in [0.25, 0.3) is 0 Å². The molecule has 1 rings (SSSR count). The molecular weight excluding hydrogens is 354 g/mol. The molecule has 0 fully saturated rings. The lowest BCUT2D eigenvalue weighted by molar-refractivity contribution is -0.121. The number of carbonyl (C=O) groups is 2. The Kier molecular flexibility index (Phi) is 9.48. The van der Waals surface area contributed by atoms with Crippen LogP contribution in [0.2, 0.25) is 0 Å². The lowest BCUT2D eigenvalue weighted by Gasteiger charge is -2.21. The number of hydrogen-bond acceptors (Lipinski definition) is 3. The predicted octanol–water partition coefficient (Wildman–Crippen LogP) is 2.64. The summed E-state index contributed by atoms with van der Waals surface area (Å²) in [7, 11) is 0. The van der Waals surface area contributed by atoms with Gasteiger partial charge in [0.05, 0.1) is 13.1 Å². The first-order valence-corrected chi connectivity index (χ1v) is 9.87. The van der Waals surface area contributed by atoms with Gasteiger partial charge in [-0.15, -0.1) is 0 Å². The fourth-order valence-electron chi connectivity index (χ4n) is 2.34. The largest absolute Gasteiger partial charge is 0.357 e. The minimum atomic E-state index is -0.269. The van der Waals surface area contributed by atoms with Gasteiger partial charge in [0.1, 0.15) is 0 Å². The Morgan fingerprint density at radius 1 is 1.14 bits per heavy atom. The van der Waals surface area contributed by atoms with Crippen LogP contribution in [-0.2, 0) is 16.1 Å². The maximum Gasteiger partial charge on any atom is 0.239 e. The minimum Gasteiger partial charge on any atom is -0.357 e. The van der Waals surface area contributed by atoms with Crippen molar-refractivity contribution in [2.75, 3.05) is 18.4 Å². The van der Waals surface area contributed by atoms with Gasteiger partial charge in [0.25, 0.3) is 0 Å². The van der Waals surface area contributed by atoms with E-state index in [1.807, 2.05) is 65.8 Å². The second kappa shape index (κ2) is 11.3. The Hall–Kier alpha value is -2.57. The van der Waals surface area contributed by atoms with E-state index in [0.717, 1.165) is 17.7 Å². The zero-order valence-electron chi connectivity index (χ0n) is 18.0. The average Bonchev–Trinajstić information content (AvgIpc) is 2.62. The highest BCUT2D eigenvalue weighted by molar-refractivity contribution is 5.92. The molecule has 156 valence electrons. The topological polar surface area (TPSA) is 94.6 Å². The van der Waals surface area contributed by atoms with Gasteiger partial charge in [0, 0.05) is 23.7 Å². The van der Waals surface area contributed by atoms with Gasteiger partial charge in [-0.2, -0.15) is 0 Å². The Bertz CT molecular complexity index is 680. The molecule has 1 aromatic carbocycles. The summed E-state index contributed by atoms with van der Waals surface area (Å²) in [5.41, 5.74) is 1.47. The Morgan fingerprint density at radius 2 is 1.86 bits per heavy atom. The van der Waals surface area contributed by atoms with Crippen molar-refractivity contribution in [3.63, 3.8) is 0 Å². The van der Waals surface area contributed by atoms with E-state index in [1.54, 1.807) is 0 Å². The van der Waals surface area contributed by atoms with Crippen molar-refractivity contribution in [3.8, 4) is 0 Å². The molecule has 0 aromatic heterocycles. The molecule has 1 unspecified atom stereocenters. The average molecular weight is 390 g/mol. The van der Waals surface area contributed by atoms with Crippen molar-refractivity contribution < 1.29 is 9.59 Å². The molecule has 0 heterocycles. The molecule has 0 bridgehead atoms. The maximum absolute atomic E-state index is 12.1. The van der Waals surface area contributed by atoms with Crippen molar-refractivity contribution in [3.05, 3.63) is 29.8 Å². The molecular formula is C21H35N5O2. The first-order chi connectivity index (χ1) is 13.1. The normalized spacial score (nSPS) is 12.9. The SMILES string of the molecule is CCNC(=NCc1cccc(NC(=O)C(C)CC)c1)NCC(=O)NC(C)(C)C. The van der Waals surface area contributed by atoms with Gasteiger partial charge >= 0.3 is 0 Å². The van der Waals surface area contributed by atoms with E-state index in [9.17, 15) is 9.59 Å². The van der Waals surface area contributed by atoms with Gasteiger partial charge in [-0.05, 0) is 51.8 Å². The number of rotatable bonds is 8. The number of amides is 2. The molecule has 0 aliphatic heterocycles. The first-order valence-electron chi connectivity index (χ1n) is 9.87. The van der Waals surface area contributed by atoms with Crippen molar-refractivity contribution in [1.29, 1.82) is 0 Å². The number of aliphatic imine (C=N–C) groups is 1. The number of anilines is 1. The summed E-state index contributed by atoms with van der Waals surface area (Å²) in [5.74, 6) is 0.474. The summed E-state index contributed by atoms with van der Waals surface area (Å²) >= 11 is 0. The van der Waals surface area contributed by atoms with Crippen LogP contribution in [0.15, 0.2) is 29.3 Å². The highest BCUT2D eigenvalue weighted by atomic mass is 16.2. The van der Waals surface area contributed by atoms with Crippen molar-refractivity contribution >= 4 is 23.5 Å². The van der Waals surface area contributed by atoms with E-state index in [1.165, 1.54) is 0 Å². The summed E-state index contributed by atoms with van der Waals surface area (Å²) in [4.78, 5) is 28.6. The molecule has 0 aliphatic carbocycles. The first kappa shape index (κ1) is 23.5. The second-order valence-corrected chi connectivity index (χ2v) is 7.85. The highest BCUT2D eigenvalue weighted by Gasteiger charge is 2.14. The Labute approximate surface area is 168 Å². The van der Waals surface area contributed by atoms with E-state index >= 15 is 0 Å². The lowest BCUT2D eigenvalue weighted by atomic mass is 10.1. The number of nitrogens with zero attached hydrogens (tertiary/aromatic N) is 1. The van der Waals surface area contributed by atoms with E-state index in [0.29, 0.717) is 19.0 Å². The second-order valence-electron chi connectivity index (χ2n) is 7.85. The predicted molar refractivity (Wildman–Crippen MR) is 115 cm³/mol. The molecule has 2 amide bonds. The Morgan fingerprint density at radius 3 is 2.46 bits per heavy atom. The zero-order valence-corrected chi connectivity index (χ0v) is 18.0. The van der Waals surface area contributed by atoms with Gasteiger partial charge in [0.15, 0.2) is 5.96 Å². The fourth-order valence-corrected chi connectivity index (χ4v) is 2.34. The van der Waals surface area contributed by atoms with Crippen molar-refractivity contribution in [2.24, 2.45) is 10.9 Å². The molecule has 0 spiro atoms. The minimum absolute atomic E-state index is 0.0167. The summed E-state index contributed by atoms with van der Waals surface area (Å²) in [6.45, 7) is 13.0. The molecule has 0 saturated carbocycles. The zero-order chi connectivity index (χ0) is 21.2. The van der Waals surface area contributed by atoms with Gasteiger partial charge in [0.2, 0.25) is 11.8 Å². The molecule has 7 heteroatoms. The standard InChI is InChI=1S/C21H35N5O2/c1-7-15(3)19(28)25-17-11-9-10-16(12-17)13-23-20(22-8-2)24-14-18(27)26-21(4,5)6/h9-12,15H,7-8,13-14H2,1-6H3,(H,25,28)(H,26,27)(H2,22,23,24). The van der Waals surface area contributed by atoms with Gasteiger partial charge < -0.3 is 21.3 Å². The quantitative estimate of drug-likeness (QED) is 0.406. The lowest BCUT2D eigenvalue weighted by Crippen LogP contribution is -2.48. The van der Waals surface area contributed by atoms with Gasteiger partial charge in [-0.25, -0.2) is 4.99 Å². The van der Waals surface area contributed by atoms with Crippen LogP contribution in [0.1, 0.15) is 53.5 Å². The molecule has 0 radical (unpaired) electrons. The summed E-state index contributed by atoms with van der Waals surface area (Å²) in [6, 6.07) is 7.64. The van der Waals surface area contributed by atoms with Crippen LogP contribution in [0, 0.1) is 5.92 Å². The Balaban J connectivity index is 2.70. The number of guanidine groups is 1. The van der Waals surface area contributed by atoms with Crippen LogP contribution in [-0.4, -0.2) is 36.4 Å². The monoisotopic (exact) mass is 389 g/mol. The third-order valence-electron chi connectivity index (χ3n) is 3.95. The summed E-state index contributed by atoms with van der Waals surface area (Å²) in [5, 5.41) is 12.0. The number of carbonyl (C=O) groups excluding carboxylic acids is 2. The van der Waals surface area contributed by atoms with Gasteiger partial charge in [-0.3, -0.25) is 9.59 Å². The molecule has 4 N–H and O–H groups in total. The number of nitrogens with one attached hydrogen (secondary N) is 4. The third kappa shape index (κ3) is 9.39. The van der Waals surface area contributed by atoms with E-state index in [-0.39, 0.29) is 29.8 Å². The third-order valence-corrected chi connectivity index (χ3v) is 3.95. The van der Waals surface area contributed by atoms with E-state index in [4.69, 9.17) is 0 Å². The molecule has 28 heavy (non-hydrogen) atoms. The van der Waals surface area contributed by atoms with E-state index in [2.05, 4.69) is 26.3 Å². The van der Waals surface area contributed by atoms with Crippen LogP contribution >= 0.6 is 0 Å². The van der Waals surface area contributed by atoms with E-state index < -0.39 is 0 Å². The fraction of sp³-hybridized carbons (Fsp3) is 0.571. The maximum atomic E-state index is 12.1. The molecule has 1 aromatic rings.